The molecule has 1 amide bonds. The van der Waals surface area contributed by atoms with Gasteiger partial charge in [0, 0.05) is 18.3 Å². The monoisotopic (exact) mass is 316 g/mol. The Hall–Kier alpha value is -2.60. The van der Waals surface area contributed by atoms with Gasteiger partial charge in [-0.3, -0.25) is 0 Å². The molecule has 7 heteroatoms. The molecule has 6 nitrogen and oxygen atoms in total. The summed E-state index contributed by atoms with van der Waals surface area (Å²) in [6, 6.07) is 9.74. The van der Waals surface area contributed by atoms with E-state index in [1.165, 1.54) is 0 Å². The van der Waals surface area contributed by atoms with Crippen molar-refractivity contribution in [1.82, 2.24) is 19.9 Å². The van der Waals surface area contributed by atoms with Crippen molar-refractivity contribution in [2.24, 2.45) is 0 Å². The van der Waals surface area contributed by atoms with E-state index < -0.39 is 6.09 Å². The first-order valence-electron chi connectivity index (χ1n) is 6.69. The van der Waals surface area contributed by atoms with Gasteiger partial charge in [-0.1, -0.05) is 29.8 Å². The molecule has 0 aliphatic rings. The van der Waals surface area contributed by atoms with E-state index in [2.05, 4.69) is 15.4 Å². The van der Waals surface area contributed by atoms with Gasteiger partial charge in [-0.05, 0) is 24.1 Å². The third kappa shape index (κ3) is 2.87. The topological polar surface area (TPSA) is 79.5 Å². The third-order valence-electron chi connectivity index (χ3n) is 3.27. The fraction of sp³-hybridized carbons (Fsp3) is 0.133. The molecule has 112 valence electrons. The lowest BCUT2D eigenvalue weighted by molar-refractivity contribution is 0.194. The second-order valence-electron chi connectivity index (χ2n) is 4.74. The van der Waals surface area contributed by atoms with Crippen LogP contribution in [0.25, 0.3) is 16.9 Å². The number of aromatic nitrogens is 3. The molecule has 22 heavy (non-hydrogen) atoms. The third-order valence-corrected chi connectivity index (χ3v) is 3.54. The summed E-state index contributed by atoms with van der Waals surface area (Å²) in [5.41, 5.74) is 3.50. The Balaban J connectivity index is 1.92. The van der Waals surface area contributed by atoms with Gasteiger partial charge in [-0.2, -0.15) is 5.10 Å². The molecule has 3 aromatic rings. The molecule has 0 saturated carbocycles. The highest BCUT2D eigenvalue weighted by Crippen LogP contribution is 2.23. The van der Waals surface area contributed by atoms with Crippen LogP contribution in [0.15, 0.2) is 42.7 Å². The maximum absolute atomic E-state index is 10.5. The summed E-state index contributed by atoms with van der Waals surface area (Å²) >= 11 is 6.05. The quantitative estimate of drug-likeness (QED) is 0.775. The van der Waals surface area contributed by atoms with E-state index in [-0.39, 0.29) is 0 Å². The molecule has 0 fully saturated rings. The van der Waals surface area contributed by atoms with Crippen LogP contribution in [0.5, 0.6) is 0 Å². The molecule has 0 spiro atoms. The Morgan fingerprint density at radius 1 is 1.36 bits per heavy atom. The zero-order valence-electron chi connectivity index (χ0n) is 11.5. The van der Waals surface area contributed by atoms with Gasteiger partial charge in [0.2, 0.25) is 0 Å². The predicted molar refractivity (Wildman–Crippen MR) is 83.2 cm³/mol. The lowest BCUT2D eigenvalue weighted by Gasteiger charge is -2.07. The molecule has 1 aromatic carbocycles. The largest absolute Gasteiger partial charge is 0.465 e. The fourth-order valence-corrected chi connectivity index (χ4v) is 2.45. The molecule has 0 atom stereocenters. The second kappa shape index (κ2) is 6.03. The van der Waals surface area contributed by atoms with Crippen molar-refractivity contribution in [2.45, 2.75) is 6.42 Å². The highest BCUT2D eigenvalue weighted by atomic mass is 35.5. The van der Waals surface area contributed by atoms with Gasteiger partial charge in [0.15, 0.2) is 5.65 Å². The van der Waals surface area contributed by atoms with Crippen LogP contribution < -0.4 is 5.32 Å². The summed E-state index contributed by atoms with van der Waals surface area (Å²) in [7, 11) is 0. The molecule has 0 bridgehead atoms. The van der Waals surface area contributed by atoms with Crippen LogP contribution in [0.4, 0.5) is 4.79 Å². The van der Waals surface area contributed by atoms with E-state index in [9.17, 15) is 4.79 Å². The van der Waals surface area contributed by atoms with Gasteiger partial charge in [-0.15, -0.1) is 0 Å². The second-order valence-corrected chi connectivity index (χ2v) is 5.15. The first-order chi connectivity index (χ1) is 10.6. The van der Waals surface area contributed by atoms with Crippen molar-refractivity contribution in [3.8, 4) is 11.3 Å². The van der Waals surface area contributed by atoms with Crippen molar-refractivity contribution in [2.75, 3.05) is 6.54 Å². The molecular formula is C15H13ClN4O2. The summed E-state index contributed by atoms with van der Waals surface area (Å²) in [4.78, 5) is 14.7. The van der Waals surface area contributed by atoms with Crippen LogP contribution in [0, 0.1) is 0 Å². The maximum Gasteiger partial charge on any atom is 0.404 e. The van der Waals surface area contributed by atoms with Crippen LogP contribution >= 0.6 is 11.6 Å². The molecule has 0 aliphatic carbocycles. The van der Waals surface area contributed by atoms with Crippen molar-refractivity contribution >= 4 is 23.3 Å². The van der Waals surface area contributed by atoms with Crippen molar-refractivity contribution in [3.05, 3.63) is 53.3 Å². The summed E-state index contributed by atoms with van der Waals surface area (Å²) in [6.45, 7) is 0.373. The number of hydrogen-bond acceptors (Lipinski definition) is 3. The first-order valence-corrected chi connectivity index (χ1v) is 7.07. The van der Waals surface area contributed by atoms with Gasteiger partial charge >= 0.3 is 6.09 Å². The normalized spacial score (nSPS) is 10.8. The average molecular weight is 317 g/mol. The van der Waals surface area contributed by atoms with Crippen molar-refractivity contribution in [3.63, 3.8) is 0 Å². The number of rotatable bonds is 4. The van der Waals surface area contributed by atoms with Crippen molar-refractivity contribution < 1.29 is 9.90 Å². The van der Waals surface area contributed by atoms with E-state index in [1.807, 2.05) is 30.3 Å². The molecule has 0 aliphatic heterocycles. The average Bonchev–Trinajstić information content (AvgIpc) is 2.89. The molecule has 3 rings (SSSR count). The van der Waals surface area contributed by atoms with Crippen LogP contribution in [-0.2, 0) is 6.42 Å². The molecule has 2 N–H and O–H groups in total. The lowest BCUT2D eigenvalue weighted by Crippen LogP contribution is -2.23. The minimum Gasteiger partial charge on any atom is -0.465 e. The Kier molecular flexibility index (Phi) is 3.93. The number of fused-ring (bicyclic) bond motifs is 1. The van der Waals surface area contributed by atoms with E-state index in [4.69, 9.17) is 16.7 Å². The zero-order valence-corrected chi connectivity index (χ0v) is 12.3. The summed E-state index contributed by atoms with van der Waals surface area (Å²) in [6.07, 6.45) is 2.86. The smallest absolute Gasteiger partial charge is 0.404 e. The molecule has 2 heterocycles. The molecular weight excluding hydrogens is 304 g/mol. The Morgan fingerprint density at radius 3 is 3.05 bits per heavy atom. The van der Waals surface area contributed by atoms with Gasteiger partial charge in [-0.25, -0.2) is 14.3 Å². The number of nitrogens with zero attached hydrogens (tertiary/aromatic N) is 3. The zero-order chi connectivity index (χ0) is 15.5. The number of amides is 1. The number of hydrogen-bond donors (Lipinski definition) is 2. The van der Waals surface area contributed by atoms with Crippen molar-refractivity contribution in [1.29, 1.82) is 0 Å². The minimum atomic E-state index is -1.02. The van der Waals surface area contributed by atoms with Gasteiger partial charge in [0.05, 0.1) is 11.9 Å². The standard InChI is InChI=1S/C15H13ClN4O2/c16-12-9-19-20-13(5-7-17-14(12)20)11-3-1-2-10(8-11)4-6-18-15(21)22/h1-3,5,7-9,18H,4,6H2,(H,21,22). The van der Waals surface area contributed by atoms with E-state index in [0.717, 1.165) is 16.8 Å². The number of carboxylic acid groups (broad SMARTS) is 1. The highest BCUT2D eigenvalue weighted by Gasteiger charge is 2.09. The van der Waals surface area contributed by atoms with E-state index in [1.54, 1.807) is 16.9 Å². The SMILES string of the molecule is O=C(O)NCCc1cccc(-c2ccnc3c(Cl)cnn23)c1. The first kappa shape index (κ1) is 14.3. The van der Waals surface area contributed by atoms with Crippen LogP contribution in [-0.4, -0.2) is 32.3 Å². The van der Waals surface area contributed by atoms with Gasteiger partial charge in [0.25, 0.3) is 0 Å². The number of nitrogens with one attached hydrogen (secondary N) is 1. The lowest BCUT2D eigenvalue weighted by atomic mass is 10.1. The molecule has 0 unspecified atom stereocenters. The van der Waals surface area contributed by atoms with Crippen LogP contribution in [0.3, 0.4) is 0 Å². The Morgan fingerprint density at radius 2 is 2.23 bits per heavy atom. The molecule has 2 aromatic heterocycles. The van der Waals surface area contributed by atoms with Gasteiger partial charge < -0.3 is 10.4 Å². The predicted octanol–water partition coefficient (Wildman–Crippen LogP) is 2.86. The van der Waals surface area contributed by atoms with Crippen LogP contribution in [0.1, 0.15) is 5.56 Å². The number of benzene rings is 1. The van der Waals surface area contributed by atoms with E-state index >= 15 is 0 Å². The van der Waals surface area contributed by atoms with Crippen LogP contribution in [0.2, 0.25) is 5.02 Å². The Bertz CT molecular complexity index is 831. The fourth-order valence-electron chi connectivity index (χ4n) is 2.28. The molecule has 0 saturated heterocycles. The number of halogens is 1. The summed E-state index contributed by atoms with van der Waals surface area (Å²) < 4.78 is 1.69. The van der Waals surface area contributed by atoms with E-state index in [0.29, 0.717) is 23.6 Å². The highest BCUT2D eigenvalue weighted by molar-refractivity contribution is 6.33. The Labute approximate surface area is 131 Å². The summed E-state index contributed by atoms with van der Waals surface area (Å²) in [5.74, 6) is 0. The summed E-state index contributed by atoms with van der Waals surface area (Å²) in [5, 5.41) is 15.7. The number of carbonyl (C=O) groups is 1. The minimum absolute atomic E-state index is 0.373. The van der Waals surface area contributed by atoms with Gasteiger partial charge in [0.1, 0.15) is 5.02 Å². The molecule has 0 radical (unpaired) electrons. The maximum atomic E-state index is 10.5.